The van der Waals surface area contributed by atoms with E-state index in [2.05, 4.69) is 80.1 Å². The molecule has 0 heterocycles. The van der Waals surface area contributed by atoms with Gasteiger partial charge in [-0.1, -0.05) is 42.3 Å². The Balaban J connectivity index is 1.95. The lowest BCUT2D eigenvalue weighted by atomic mass is 10.1. The molecule has 0 saturated carbocycles. The molecule has 0 bridgehead atoms. The van der Waals surface area contributed by atoms with Gasteiger partial charge < -0.3 is 4.74 Å². The van der Waals surface area contributed by atoms with Crippen molar-refractivity contribution in [3.05, 3.63) is 65.2 Å². The molecule has 126 valence electrons. The average molecular weight is 321 g/mol. The van der Waals surface area contributed by atoms with Crippen LogP contribution in [0, 0.1) is 18.8 Å². The molecule has 24 heavy (non-hydrogen) atoms. The van der Waals surface area contributed by atoms with Crippen LogP contribution in [-0.4, -0.2) is 24.5 Å². The van der Waals surface area contributed by atoms with Gasteiger partial charge in [-0.2, -0.15) is 0 Å². The zero-order valence-corrected chi connectivity index (χ0v) is 15.2. The van der Waals surface area contributed by atoms with Gasteiger partial charge in [0.05, 0.1) is 6.54 Å². The lowest BCUT2D eigenvalue weighted by molar-refractivity contribution is 0.285. The third-order valence-electron chi connectivity index (χ3n) is 4.34. The number of likely N-dealkylation sites (N-methyl/N-ethyl adjacent to an activating group) is 1. The monoisotopic (exact) mass is 321 g/mol. The van der Waals surface area contributed by atoms with E-state index in [9.17, 15) is 0 Å². The van der Waals surface area contributed by atoms with Gasteiger partial charge in [-0.15, -0.1) is 5.92 Å². The van der Waals surface area contributed by atoms with Gasteiger partial charge in [-0.25, -0.2) is 0 Å². The number of hydrogen-bond donors (Lipinski definition) is 0. The van der Waals surface area contributed by atoms with E-state index >= 15 is 0 Å². The summed E-state index contributed by atoms with van der Waals surface area (Å²) < 4.78 is 5.98. The Hall–Kier alpha value is -2.24. The van der Waals surface area contributed by atoms with E-state index < -0.39 is 0 Å². The van der Waals surface area contributed by atoms with Crippen LogP contribution in [0.25, 0.3) is 0 Å². The zero-order chi connectivity index (χ0) is 17.4. The van der Waals surface area contributed by atoms with Crippen molar-refractivity contribution in [3.63, 3.8) is 0 Å². The minimum absolute atomic E-state index is 0.442. The van der Waals surface area contributed by atoms with E-state index in [1.807, 2.05) is 13.0 Å². The zero-order valence-electron chi connectivity index (χ0n) is 15.2. The number of aryl methyl sites for hydroxylation is 1. The van der Waals surface area contributed by atoms with Crippen LogP contribution in [0.15, 0.2) is 48.5 Å². The van der Waals surface area contributed by atoms with Crippen LogP contribution in [0.4, 0.5) is 0 Å². The topological polar surface area (TPSA) is 12.5 Å². The van der Waals surface area contributed by atoms with Crippen LogP contribution in [0.3, 0.4) is 0 Å². The maximum absolute atomic E-state index is 5.98. The molecule has 2 nitrogen and oxygen atoms in total. The Bertz CT molecular complexity index is 711. The highest BCUT2D eigenvalue weighted by atomic mass is 16.5. The Morgan fingerprint density at radius 2 is 1.92 bits per heavy atom. The Morgan fingerprint density at radius 1 is 1.12 bits per heavy atom. The number of hydrogen-bond acceptors (Lipinski definition) is 2. The summed E-state index contributed by atoms with van der Waals surface area (Å²) in [7, 11) is 2.12. The summed E-state index contributed by atoms with van der Waals surface area (Å²) in [5, 5.41) is 0. The summed E-state index contributed by atoms with van der Waals surface area (Å²) >= 11 is 0. The highest BCUT2D eigenvalue weighted by Gasteiger charge is 2.09. The maximum atomic E-state index is 5.98. The summed E-state index contributed by atoms with van der Waals surface area (Å²) in [5.74, 6) is 7.00. The Labute approximate surface area is 146 Å². The Kier molecular flexibility index (Phi) is 6.90. The fourth-order valence-electron chi connectivity index (χ4n) is 2.55. The highest BCUT2D eigenvalue weighted by Crippen LogP contribution is 2.18. The van der Waals surface area contributed by atoms with Crippen LogP contribution in [-0.2, 0) is 13.0 Å². The first-order valence-corrected chi connectivity index (χ1v) is 8.46. The average Bonchev–Trinajstić information content (AvgIpc) is 2.59. The molecular weight excluding hydrogens is 294 g/mol. The summed E-state index contributed by atoms with van der Waals surface area (Å²) in [4.78, 5) is 2.28. The molecule has 1 atom stereocenters. The van der Waals surface area contributed by atoms with E-state index in [1.165, 1.54) is 16.7 Å². The molecule has 0 aliphatic rings. The highest BCUT2D eigenvalue weighted by molar-refractivity contribution is 5.30. The predicted octanol–water partition coefficient (Wildman–Crippen LogP) is 4.46. The Morgan fingerprint density at radius 3 is 2.67 bits per heavy atom. The standard InChI is InChI=1S/C22H27NO/c1-5-6-14-23(4)19(3)15-20-11-9-13-22(16-20)24-17-21-12-8-7-10-18(21)2/h7-13,16,19H,14-15,17H2,1-4H3/t19-/m1/s1. The van der Waals surface area contributed by atoms with Crippen LogP contribution in [0.1, 0.15) is 30.5 Å². The molecule has 0 N–H and O–H groups in total. The van der Waals surface area contributed by atoms with Crippen molar-refractivity contribution >= 4 is 0 Å². The summed E-state index contributed by atoms with van der Waals surface area (Å²) in [6.07, 6.45) is 0.990. The molecular formula is C22H27NO. The first-order chi connectivity index (χ1) is 11.6. The molecule has 0 fully saturated rings. The van der Waals surface area contributed by atoms with Gasteiger partial charge in [-0.05, 0) is 63.1 Å². The van der Waals surface area contributed by atoms with Crippen molar-refractivity contribution < 1.29 is 4.74 Å². The normalized spacial score (nSPS) is 11.7. The van der Waals surface area contributed by atoms with Crippen molar-refractivity contribution in [2.24, 2.45) is 0 Å². The van der Waals surface area contributed by atoms with Crippen molar-refractivity contribution in [1.82, 2.24) is 4.90 Å². The second-order valence-corrected chi connectivity index (χ2v) is 6.26. The molecule has 0 unspecified atom stereocenters. The number of ether oxygens (including phenoxy) is 1. The molecule has 0 radical (unpaired) electrons. The number of nitrogens with zero attached hydrogens (tertiary/aromatic N) is 1. The minimum Gasteiger partial charge on any atom is -0.489 e. The van der Waals surface area contributed by atoms with Crippen LogP contribution < -0.4 is 4.74 Å². The summed E-state index contributed by atoms with van der Waals surface area (Å²) in [6.45, 7) is 7.65. The van der Waals surface area contributed by atoms with Gasteiger partial charge in [0, 0.05) is 6.04 Å². The van der Waals surface area contributed by atoms with Gasteiger partial charge in [0.25, 0.3) is 0 Å². The molecule has 0 aliphatic carbocycles. The van der Waals surface area contributed by atoms with Gasteiger partial charge in [0.1, 0.15) is 12.4 Å². The second kappa shape index (κ2) is 9.15. The maximum Gasteiger partial charge on any atom is 0.120 e. The van der Waals surface area contributed by atoms with Gasteiger partial charge >= 0.3 is 0 Å². The van der Waals surface area contributed by atoms with E-state index in [-0.39, 0.29) is 0 Å². The van der Waals surface area contributed by atoms with E-state index in [4.69, 9.17) is 4.74 Å². The van der Waals surface area contributed by atoms with Crippen LogP contribution >= 0.6 is 0 Å². The SMILES string of the molecule is CC#CCN(C)[C@H](C)Cc1cccc(OCc2ccccc2C)c1. The third-order valence-corrected chi connectivity index (χ3v) is 4.34. The molecule has 0 spiro atoms. The van der Waals surface area contributed by atoms with Crippen molar-refractivity contribution in [1.29, 1.82) is 0 Å². The first-order valence-electron chi connectivity index (χ1n) is 8.46. The lowest BCUT2D eigenvalue weighted by Crippen LogP contribution is -2.31. The molecule has 0 saturated heterocycles. The van der Waals surface area contributed by atoms with E-state index in [1.54, 1.807) is 0 Å². The molecule has 2 aromatic carbocycles. The van der Waals surface area contributed by atoms with Gasteiger partial charge in [0.15, 0.2) is 0 Å². The fourth-order valence-corrected chi connectivity index (χ4v) is 2.55. The summed E-state index contributed by atoms with van der Waals surface area (Å²) in [5.41, 5.74) is 3.79. The smallest absolute Gasteiger partial charge is 0.120 e. The second-order valence-electron chi connectivity index (χ2n) is 6.26. The molecule has 2 rings (SSSR count). The van der Waals surface area contributed by atoms with Crippen molar-refractivity contribution in [2.75, 3.05) is 13.6 Å². The predicted molar refractivity (Wildman–Crippen MR) is 101 cm³/mol. The van der Waals surface area contributed by atoms with Gasteiger partial charge in [-0.3, -0.25) is 4.90 Å². The van der Waals surface area contributed by atoms with Crippen LogP contribution in [0.5, 0.6) is 5.75 Å². The van der Waals surface area contributed by atoms with E-state index in [0.717, 1.165) is 18.7 Å². The molecule has 0 aromatic heterocycles. The van der Waals surface area contributed by atoms with Crippen LogP contribution in [0.2, 0.25) is 0 Å². The quantitative estimate of drug-likeness (QED) is 0.698. The largest absolute Gasteiger partial charge is 0.489 e. The van der Waals surface area contributed by atoms with Gasteiger partial charge in [0.2, 0.25) is 0 Å². The molecule has 0 aliphatic heterocycles. The number of rotatable bonds is 7. The molecule has 0 amide bonds. The van der Waals surface area contributed by atoms with Crippen molar-refractivity contribution in [2.45, 2.75) is 39.8 Å². The minimum atomic E-state index is 0.442. The first kappa shape index (κ1) is 18.1. The van der Waals surface area contributed by atoms with E-state index in [0.29, 0.717) is 12.6 Å². The lowest BCUT2D eigenvalue weighted by Gasteiger charge is -2.22. The fraction of sp³-hybridized carbons (Fsp3) is 0.364. The molecule has 2 heteroatoms. The summed E-state index contributed by atoms with van der Waals surface area (Å²) in [6, 6.07) is 17.2. The number of benzene rings is 2. The van der Waals surface area contributed by atoms with Crippen molar-refractivity contribution in [3.8, 4) is 17.6 Å². The third kappa shape index (κ3) is 5.44. The molecule has 2 aromatic rings.